The molecule has 1 aliphatic carbocycles. The molecular formula is C20H15FN2S2. The number of nitrogens with zero attached hydrogens (tertiary/aromatic N) is 2. The highest BCUT2D eigenvalue weighted by molar-refractivity contribution is 7.98. The fraction of sp³-hybridized carbons (Fsp3) is 0.200. The van der Waals surface area contributed by atoms with E-state index in [4.69, 9.17) is 4.98 Å². The molecule has 1 aliphatic rings. The zero-order valence-corrected chi connectivity index (χ0v) is 15.1. The van der Waals surface area contributed by atoms with E-state index in [0.717, 1.165) is 46.0 Å². The fourth-order valence-corrected chi connectivity index (χ4v) is 4.96. The SMILES string of the molecule is N#Cc1c(SCc2ccc(F)cc2)nc2c(c1-c1cccs1)CCC2. The Bertz CT molecular complexity index is 941. The highest BCUT2D eigenvalue weighted by atomic mass is 32.2. The molecule has 124 valence electrons. The van der Waals surface area contributed by atoms with Gasteiger partial charge in [-0.1, -0.05) is 18.2 Å². The van der Waals surface area contributed by atoms with Crippen LogP contribution in [0.1, 0.15) is 28.8 Å². The number of aromatic nitrogens is 1. The third-order valence-corrected chi connectivity index (χ3v) is 6.29. The molecule has 0 unspecified atom stereocenters. The Kier molecular flexibility index (Phi) is 4.56. The highest BCUT2D eigenvalue weighted by Gasteiger charge is 2.24. The minimum Gasteiger partial charge on any atom is -0.245 e. The van der Waals surface area contributed by atoms with Gasteiger partial charge < -0.3 is 0 Å². The van der Waals surface area contributed by atoms with Gasteiger partial charge in [0.05, 0.1) is 5.56 Å². The molecule has 0 radical (unpaired) electrons. The van der Waals surface area contributed by atoms with E-state index in [1.165, 1.54) is 17.7 Å². The van der Waals surface area contributed by atoms with Crippen molar-refractivity contribution in [3.8, 4) is 16.5 Å². The first-order chi connectivity index (χ1) is 12.3. The van der Waals surface area contributed by atoms with E-state index in [-0.39, 0.29) is 5.82 Å². The smallest absolute Gasteiger partial charge is 0.123 e. The molecule has 0 saturated carbocycles. The second kappa shape index (κ2) is 6.99. The summed E-state index contributed by atoms with van der Waals surface area (Å²) in [5.74, 6) is 0.437. The average Bonchev–Trinajstić information content (AvgIpc) is 3.31. The Morgan fingerprint density at radius 3 is 2.76 bits per heavy atom. The number of thioether (sulfide) groups is 1. The molecule has 4 rings (SSSR count). The largest absolute Gasteiger partial charge is 0.245 e. The summed E-state index contributed by atoms with van der Waals surface area (Å²) in [6.07, 6.45) is 3.06. The zero-order chi connectivity index (χ0) is 17.2. The lowest BCUT2D eigenvalue weighted by Gasteiger charge is -2.13. The van der Waals surface area contributed by atoms with Crippen LogP contribution in [-0.4, -0.2) is 4.98 Å². The van der Waals surface area contributed by atoms with Gasteiger partial charge in [-0.3, -0.25) is 0 Å². The fourth-order valence-electron chi connectivity index (χ4n) is 3.19. The molecule has 5 heteroatoms. The van der Waals surface area contributed by atoms with Crippen LogP contribution in [0.2, 0.25) is 0 Å². The predicted octanol–water partition coefficient (Wildman–Crippen LogP) is 5.60. The number of pyridine rings is 1. The van der Waals surface area contributed by atoms with Gasteiger partial charge in [-0.05, 0) is 54.0 Å². The van der Waals surface area contributed by atoms with Gasteiger partial charge in [-0.2, -0.15) is 5.26 Å². The quantitative estimate of drug-likeness (QED) is 0.564. The molecule has 0 aliphatic heterocycles. The molecular weight excluding hydrogens is 351 g/mol. The Labute approximate surface area is 154 Å². The Morgan fingerprint density at radius 1 is 1.20 bits per heavy atom. The molecule has 0 N–H and O–H groups in total. The van der Waals surface area contributed by atoms with Crippen LogP contribution in [0, 0.1) is 17.1 Å². The van der Waals surface area contributed by atoms with Gasteiger partial charge >= 0.3 is 0 Å². The molecule has 0 amide bonds. The lowest BCUT2D eigenvalue weighted by molar-refractivity contribution is 0.627. The van der Waals surface area contributed by atoms with Crippen LogP contribution in [0.4, 0.5) is 4.39 Å². The van der Waals surface area contributed by atoms with Crippen molar-refractivity contribution >= 4 is 23.1 Å². The van der Waals surface area contributed by atoms with Crippen molar-refractivity contribution in [1.82, 2.24) is 4.98 Å². The van der Waals surface area contributed by atoms with Crippen LogP contribution in [0.3, 0.4) is 0 Å². The standard InChI is InChI=1S/C20H15FN2S2/c21-14-8-6-13(7-9-14)12-25-20-16(11-22)19(18-5-2-10-24-18)15-3-1-4-17(15)23-20/h2,5-10H,1,3-4,12H2. The van der Waals surface area contributed by atoms with Crippen molar-refractivity contribution in [3.05, 3.63) is 70.0 Å². The lowest BCUT2D eigenvalue weighted by Crippen LogP contribution is -2.00. The molecule has 0 spiro atoms. The summed E-state index contributed by atoms with van der Waals surface area (Å²) in [5, 5.41) is 12.6. The highest BCUT2D eigenvalue weighted by Crippen LogP contribution is 2.40. The van der Waals surface area contributed by atoms with E-state index in [9.17, 15) is 9.65 Å². The number of nitriles is 1. The first kappa shape index (κ1) is 16.3. The Balaban J connectivity index is 1.74. The summed E-state index contributed by atoms with van der Waals surface area (Å²) >= 11 is 3.22. The summed E-state index contributed by atoms with van der Waals surface area (Å²) in [7, 11) is 0. The molecule has 0 atom stereocenters. The van der Waals surface area contributed by atoms with E-state index in [2.05, 4.69) is 12.1 Å². The zero-order valence-electron chi connectivity index (χ0n) is 13.5. The van der Waals surface area contributed by atoms with Gasteiger partial charge in [0.15, 0.2) is 0 Å². The van der Waals surface area contributed by atoms with Crippen molar-refractivity contribution in [2.24, 2.45) is 0 Å². The van der Waals surface area contributed by atoms with Crippen LogP contribution in [0.5, 0.6) is 0 Å². The summed E-state index contributed by atoms with van der Waals surface area (Å²) < 4.78 is 13.1. The number of halogens is 1. The third kappa shape index (κ3) is 3.20. The van der Waals surface area contributed by atoms with E-state index in [0.29, 0.717) is 11.3 Å². The van der Waals surface area contributed by atoms with Crippen LogP contribution in [0.15, 0.2) is 46.8 Å². The van der Waals surface area contributed by atoms with Gasteiger partial charge in [0, 0.05) is 21.9 Å². The minimum atomic E-state index is -0.234. The van der Waals surface area contributed by atoms with Gasteiger partial charge in [0.2, 0.25) is 0 Å². The van der Waals surface area contributed by atoms with Gasteiger partial charge in [0.25, 0.3) is 0 Å². The maximum atomic E-state index is 13.1. The lowest BCUT2D eigenvalue weighted by atomic mass is 10.0. The average molecular weight is 366 g/mol. The van der Waals surface area contributed by atoms with Crippen LogP contribution in [0.25, 0.3) is 10.4 Å². The Morgan fingerprint density at radius 2 is 2.04 bits per heavy atom. The summed E-state index contributed by atoms with van der Waals surface area (Å²) in [6.45, 7) is 0. The molecule has 2 heterocycles. The number of aryl methyl sites for hydroxylation is 1. The monoisotopic (exact) mass is 366 g/mol. The molecule has 2 nitrogen and oxygen atoms in total. The number of benzene rings is 1. The molecule has 1 aromatic carbocycles. The first-order valence-corrected chi connectivity index (χ1v) is 10.00. The summed E-state index contributed by atoms with van der Waals surface area (Å²) in [6, 6.07) is 13.0. The molecule has 25 heavy (non-hydrogen) atoms. The van der Waals surface area contributed by atoms with Crippen molar-refractivity contribution in [2.75, 3.05) is 0 Å². The van der Waals surface area contributed by atoms with Crippen molar-refractivity contribution in [3.63, 3.8) is 0 Å². The number of hydrogen-bond donors (Lipinski definition) is 0. The maximum absolute atomic E-state index is 13.1. The van der Waals surface area contributed by atoms with E-state index in [1.807, 2.05) is 11.4 Å². The second-order valence-electron chi connectivity index (χ2n) is 5.95. The maximum Gasteiger partial charge on any atom is 0.123 e. The normalized spacial score (nSPS) is 12.8. The summed E-state index contributed by atoms with van der Waals surface area (Å²) in [5.41, 5.74) is 5.14. The van der Waals surface area contributed by atoms with Gasteiger partial charge in [-0.25, -0.2) is 9.37 Å². The molecule has 0 fully saturated rings. The number of fused-ring (bicyclic) bond motifs is 1. The molecule has 0 bridgehead atoms. The molecule has 0 saturated heterocycles. The number of hydrogen-bond acceptors (Lipinski definition) is 4. The predicted molar refractivity (Wildman–Crippen MR) is 100 cm³/mol. The van der Waals surface area contributed by atoms with Crippen LogP contribution < -0.4 is 0 Å². The molecule has 3 aromatic rings. The van der Waals surface area contributed by atoms with E-state index < -0.39 is 0 Å². The number of thiophene rings is 1. The van der Waals surface area contributed by atoms with Crippen molar-refractivity contribution in [1.29, 1.82) is 5.26 Å². The topological polar surface area (TPSA) is 36.7 Å². The van der Waals surface area contributed by atoms with Crippen molar-refractivity contribution in [2.45, 2.75) is 30.0 Å². The van der Waals surface area contributed by atoms with Crippen LogP contribution in [-0.2, 0) is 18.6 Å². The first-order valence-electron chi connectivity index (χ1n) is 8.13. The van der Waals surface area contributed by atoms with E-state index in [1.54, 1.807) is 35.2 Å². The Hall–Kier alpha value is -2.16. The van der Waals surface area contributed by atoms with Gasteiger partial charge in [-0.15, -0.1) is 23.1 Å². The minimum absolute atomic E-state index is 0.234. The van der Waals surface area contributed by atoms with E-state index >= 15 is 0 Å². The summed E-state index contributed by atoms with van der Waals surface area (Å²) in [4.78, 5) is 5.94. The molecule has 2 aromatic heterocycles. The third-order valence-electron chi connectivity index (χ3n) is 4.36. The van der Waals surface area contributed by atoms with Crippen LogP contribution >= 0.6 is 23.1 Å². The van der Waals surface area contributed by atoms with Gasteiger partial charge in [0.1, 0.15) is 16.9 Å². The number of rotatable bonds is 4. The van der Waals surface area contributed by atoms with Crippen molar-refractivity contribution < 1.29 is 4.39 Å². The second-order valence-corrected chi connectivity index (χ2v) is 7.86.